The van der Waals surface area contributed by atoms with Gasteiger partial charge in [0, 0.05) is 53.6 Å². The molecule has 0 spiro atoms. The van der Waals surface area contributed by atoms with Crippen molar-refractivity contribution in [1.29, 1.82) is 0 Å². The predicted molar refractivity (Wildman–Crippen MR) is 483 cm³/mol. The van der Waals surface area contributed by atoms with Crippen LogP contribution in [0.25, 0.3) is 0 Å². The Kier molecular flexibility index (Phi) is 60.2. The van der Waals surface area contributed by atoms with Crippen molar-refractivity contribution in [1.82, 2.24) is 41.3 Å². The zero-order chi connectivity index (χ0) is 97.8. The molecule has 726 valence electrons. The van der Waals surface area contributed by atoms with E-state index in [1.54, 1.807) is 114 Å². The summed E-state index contributed by atoms with van der Waals surface area (Å²) >= 11 is 0. The molecular weight excluding hydrogens is 1630 g/mol. The Labute approximate surface area is 753 Å². The fraction of sp³-hybridized carbons (Fsp3) is 0.774. The maximum Gasteiger partial charge on any atom is 0.410 e. The highest BCUT2D eigenvalue weighted by atomic mass is 16.6. The van der Waals surface area contributed by atoms with E-state index in [2.05, 4.69) is 26.6 Å². The highest BCUT2D eigenvalue weighted by molar-refractivity contribution is 5.94. The summed E-state index contributed by atoms with van der Waals surface area (Å²) in [5.41, 5.74) is -2.67. The van der Waals surface area contributed by atoms with Crippen molar-refractivity contribution in [3.05, 3.63) is 29.8 Å². The predicted octanol–water partition coefficient (Wildman–Crippen LogP) is 13.1. The molecule has 0 saturated heterocycles. The fourth-order valence-electron chi connectivity index (χ4n) is 11.7. The maximum atomic E-state index is 12.9. The molecule has 33 nitrogen and oxygen atoms in total. The Hall–Kier alpha value is -8.69. The van der Waals surface area contributed by atoms with Gasteiger partial charge >= 0.3 is 30.2 Å². The smallest absolute Gasteiger partial charge is 0.410 e. The van der Waals surface area contributed by atoms with E-state index >= 15 is 0 Å². The number of ketones is 5. The van der Waals surface area contributed by atoms with Crippen LogP contribution < -0.4 is 31.3 Å². The second-order valence-electron chi connectivity index (χ2n) is 37.9. The lowest BCUT2D eigenvalue weighted by Crippen LogP contribution is -2.56. The summed E-state index contributed by atoms with van der Waals surface area (Å²) < 4.78 is 53.7. The minimum Gasteiger partial charge on any atom is -0.494 e. The van der Waals surface area contributed by atoms with Crippen LogP contribution in [0.15, 0.2) is 24.3 Å². The molecule has 7 atom stereocenters. The summed E-state index contributed by atoms with van der Waals surface area (Å²) in [5, 5.41) is 13.6. The van der Waals surface area contributed by atoms with Gasteiger partial charge < -0.3 is 78.9 Å². The summed E-state index contributed by atoms with van der Waals surface area (Å²) in [6.07, 6.45) is 6.99. The van der Waals surface area contributed by atoms with Crippen molar-refractivity contribution in [3.63, 3.8) is 0 Å². The Morgan fingerprint density at radius 1 is 0.389 bits per heavy atom. The number of hydrogen-bond acceptors (Lipinski definition) is 25. The maximum absolute atomic E-state index is 12.9. The molecule has 0 heterocycles. The van der Waals surface area contributed by atoms with E-state index in [1.807, 2.05) is 90.0 Å². The average Bonchev–Trinajstić information content (AvgIpc) is 0.837. The summed E-state index contributed by atoms with van der Waals surface area (Å²) in [7, 11) is 4.57. The third-order valence-electron chi connectivity index (χ3n) is 18.0. The Morgan fingerprint density at radius 2 is 0.802 bits per heavy atom. The number of carbonyl (C=O) groups is 15. The molecule has 5 N–H and O–H groups in total. The molecule has 0 bridgehead atoms. The molecule has 0 aliphatic heterocycles. The van der Waals surface area contributed by atoms with Crippen molar-refractivity contribution >= 4 is 88.7 Å². The van der Waals surface area contributed by atoms with Gasteiger partial charge in [0.25, 0.3) is 0 Å². The molecule has 0 aliphatic carbocycles. The molecule has 6 unspecified atom stereocenters. The minimum absolute atomic E-state index is 0.00304. The van der Waals surface area contributed by atoms with Gasteiger partial charge in [-0.2, -0.15) is 0 Å². The Balaban J connectivity index is -0.00000184. The number of nitrogens with one attached hydrogen (secondary N) is 5. The molecule has 1 aromatic carbocycles. The quantitative estimate of drug-likeness (QED) is 0.0230. The van der Waals surface area contributed by atoms with Crippen LogP contribution in [0.4, 0.5) is 14.4 Å². The first-order chi connectivity index (χ1) is 58.0. The second-order valence-corrected chi connectivity index (χ2v) is 37.9. The summed E-state index contributed by atoms with van der Waals surface area (Å²) in [4.78, 5) is 185. The third kappa shape index (κ3) is 61.7. The van der Waals surface area contributed by atoms with E-state index in [1.165, 1.54) is 56.5 Å². The van der Waals surface area contributed by atoms with Crippen LogP contribution in [0.1, 0.15) is 295 Å². The molecule has 0 aliphatic rings. The highest BCUT2D eigenvalue weighted by Crippen LogP contribution is 2.23. The number of carbonyl (C=O) groups excluding carboxylic acids is 15. The number of likely N-dealkylation sites (N-methyl/N-ethyl adjacent to an activating group) is 3. The number of hydrogen-bond donors (Lipinski definition) is 5. The van der Waals surface area contributed by atoms with E-state index in [9.17, 15) is 71.9 Å². The topological polar surface area (TPSA) is 418 Å². The van der Waals surface area contributed by atoms with Crippen LogP contribution in [0.5, 0.6) is 5.75 Å². The Bertz CT molecular complexity index is 3460. The van der Waals surface area contributed by atoms with Crippen molar-refractivity contribution in [3.8, 4) is 5.75 Å². The lowest BCUT2D eigenvalue weighted by atomic mass is 9.95. The molecule has 1 aromatic rings. The van der Waals surface area contributed by atoms with E-state index < -0.39 is 88.5 Å². The van der Waals surface area contributed by atoms with Gasteiger partial charge in [0.15, 0.2) is 23.1 Å². The molecule has 0 radical (unpaired) electrons. The molecule has 1 rings (SSSR count). The lowest BCUT2D eigenvalue weighted by Gasteiger charge is -2.34. The number of benzene rings is 1. The van der Waals surface area contributed by atoms with E-state index in [0.717, 1.165) is 44.9 Å². The van der Waals surface area contributed by atoms with Crippen molar-refractivity contribution < 1.29 is 119 Å². The average molecular weight is 1790 g/mol. The van der Waals surface area contributed by atoms with Gasteiger partial charge in [-0.1, -0.05) is 108 Å². The number of Topliss-reactive ketones (excluding diaryl/α,β-unsaturated/α-hetero) is 5. The molecule has 8 amide bonds. The monoisotopic (exact) mass is 1790 g/mol. The van der Waals surface area contributed by atoms with E-state index in [-0.39, 0.29) is 153 Å². The molecule has 33 heteroatoms. The summed E-state index contributed by atoms with van der Waals surface area (Å²) in [6, 6.07) is 3.01. The number of nitrogens with zero attached hydrogens (tertiary/aromatic N) is 3. The van der Waals surface area contributed by atoms with Gasteiger partial charge in [0.2, 0.25) is 29.5 Å². The first kappa shape index (κ1) is 121. The number of amides is 8. The van der Waals surface area contributed by atoms with Crippen LogP contribution in [0, 0.1) is 29.6 Å². The lowest BCUT2D eigenvalue weighted by molar-refractivity contribution is -0.159. The SMILES string of the molecule is CC(=O)C(NC(=O)C(C(C)C)N(C)C(=O)OC(C)(C)C)C(C)C.CC(=O)C(NC(=O)CN(C)C(=O)OC(C)(C)C)C(C)C.CC(=O)COCCOCCNC(=O)COCCOCCCC(=O)CC[C@H](NC(=O)CCCCCCCCCOc1ccc(C(=O)OC(C)(C)C)cc1)C(=O)OC(C)(C)C.CCC(C)C(C(=O)NC(C(C)=O)C(C)C)N(C)C(=O)OC(C)(C)C. The van der Waals surface area contributed by atoms with E-state index in [0.29, 0.717) is 63.7 Å². The van der Waals surface area contributed by atoms with Gasteiger partial charge in [-0.15, -0.1) is 0 Å². The standard InChI is InChI=1S/C44H72N2O13.C18H34N2O4.C17H32N2O4.C14H26N2O4/c1-34(47)32-55-30-29-54-27-24-45-40(50)33-56-31-28-53-25-15-16-36(48)20-23-38(42(52)59-44(5,6)7)46-39(49)17-13-11-9-8-10-12-14-26-57-37-21-18-35(19-22-37)41(51)58-43(2,3)4;1-10-12(4)15(20(9)17(23)24-18(6,7)8)16(22)19-14(11(2)3)13(5)21;1-10(2)13(12(5)20)18-15(21)14(11(3)4)19(9)16(22)23-17(6,7)8;1-9(2)12(10(3)17)15-11(18)8-16(7)13(19)20-14(4,5)6/h18-19,21-22,38H,8-17,20,23-33H2,1-7H3,(H,45,50)(H,46,49);11-12,14-15H,10H2,1-9H3,(H,19,22);10-11,13-14H,1-9H3,(H,18,21);9,12H,8H2,1-7H3,(H,15,18)/t38-;;;/m0.../s1. The number of unbranched alkanes of at least 4 members (excludes halogenated alkanes) is 6. The molecule has 0 fully saturated rings. The van der Waals surface area contributed by atoms with Crippen LogP contribution in [-0.4, -0.2) is 261 Å². The van der Waals surface area contributed by atoms with Crippen LogP contribution in [0.2, 0.25) is 0 Å². The van der Waals surface area contributed by atoms with Crippen molar-refractivity contribution in [2.24, 2.45) is 29.6 Å². The largest absolute Gasteiger partial charge is 0.494 e. The number of ether oxygens (including phenoxy) is 10. The summed E-state index contributed by atoms with van der Waals surface area (Å²) in [6.45, 7) is 53.7. The molecule has 0 saturated carbocycles. The first-order valence-corrected chi connectivity index (χ1v) is 44.3. The van der Waals surface area contributed by atoms with Crippen LogP contribution >= 0.6 is 0 Å². The fourth-order valence-corrected chi connectivity index (χ4v) is 11.7. The molecule has 126 heavy (non-hydrogen) atoms. The van der Waals surface area contributed by atoms with E-state index in [4.69, 9.17) is 47.4 Å². The van der Waals surface area contributed by atoms with Gasteiger partial charge in [-0.25, -0.2) is 24.0 Å². The zero-order valence-electron chi connectivity index (χ0n) is 82.7. The number of rotatable bonds is 52. The van der Waals surface area contributed by atoms with Gasteiger partial charge in [0.1, 0.15) is 77.4 Å². The number of esters is 2. The first-order valence-electron chi connectivity index (χ1n) is 44.3. The second kappa shape index (κ2) is 62.5. The zero-order valence-corrected chi connectivity index (χ0v) is 82.7. The highest BCUT2D eigenvalue weighted by Gasteiger charge is 2.38. The van der Waals surface area contributed by atoms with Gasteiger partial charge in [0.05, 0.1) is 63.3 Å². The normalized spacial score (nSPS) is 13.2. The minimum atomic E-state index is -0.910. The van der Waals surface area contributed by atoms with Gasteiger partial charge in [-0.3, -0.25) is 57.7 Å². The van der Waals surface area contributed by atoms with Crippen molar-refractivity contribution in [2.45, 2.75) is 349 Å². The third-order valence-corrected chi connectivity index (χ3v) is 18.0. The summed E-state index contributed by atoms with van der Waals surface area (Å²) in [5.74, 6) is -2.39. The Morgan fingerprint density at radius 3 is 1.24 bits per heavy atom. The van der Waals surface area contributed by atoms with Crippen LogP contribution in [0.3, 0.4) is 0 Å². The molecular formula is C93H164N8O25. The van der Waals surface area contributed by atoms with Gasteiger partial charge in [-0.05, 0) is 211 Å². The van der Waals surface area contributed by atoms with Crippen molar-refractivity contribution in [2.75, 3.05) is 93.7 Å². The van der Waals surface area contributed by atoms with Crippen LogP contribution in [-0.2, 0) is 95.4 Å². The molecule has 0 aromatic heterocycles.